The van der Waals surface area contributed by atoms with Gasteiger partial charge in [0.15, 0.2) is 0 Å². The molecular weight excluding hydrogens is 364 g/mol. The molecule has 0 aliphatic carbocycles. The van der Waals surface area contributed by atoms with Crippen LogP contribution in [0.2, 0.25) is 5.15 Å². The largest absolute Gasteiger partial charge is 0.444 e. The van der Waals surface area contributed by atoms with Gasteiger partial charge in [-0.15, -0.1) is 0 Å². The zero-order valence-electron chi connectivity index (χ0n) is 16.2. The highest BCUT2D eigenvalue weighted by molar-refractivity contribution is 6.29. The monoisotopic (exact) mass is 390 g/mol. The molecule has 0 N–H and O–H groups in total. The molecule has 2 aliphatic rings. The van der Waals surface area contributed by atoms with Crippen molar-refractivity contribution in [1.29, 1.82) is 0 Å². The number of ether oxygens (including phenoxy) is 1. The number of fused-ring (bicyclic) bond motifs is 1. The zero-order valence-corrected chi connectivity index (χ0v) is 17.0. The highest BCUT2D eigenvalue weighted by Gasteiger charge is 2.35. The van der Waals surface area contributed by atoms with E-state index in [1.54, 1.807) is 4.90 Å². The summed E-state index contributed by atoms with van der Waals surface area (Å²) in [5, 5.41) is 1.68. The van der Waals surface area contributed by atoms with Crippen molar-refractivity contribution in [1.82, 2.24) is 19.4 Å². The van der Waals surface area contributed by atoms with E-state index in [1.807, 2.05) is 26.8 Å². The van der Waals surface area contributed by atoms with Crippen LogP contribution < -0.4 is 0 Å². The lowest BCUT2D eigenvalue weighted by molar-refractivity contribution is 0.00151. The predicted molar refractivity (Wildman–Crippen MR) is 106 cm³/mol. The number of likely N-dealkylation sites (tertiary alicyclic amines) is 2. The summed E-state index contributed by atoms with van der Waals surface area (Å²) in [6.07, 6.45) is 4.35. The lowest BCUT2D eigenvalue weighted by Crippen LogP contribution is -2.52. The van der Waals surface area contributed by atoms with E-state index in [0.29, 0.717) is 18.2 Å². The number of nitrogens with zero attached hydrogens (tertiary/aromatic N) is 4. The summed E-state index contributed by atoms with van der Waals surface area (Å²) in [5.41, 5.74) is 1.67. The SMILES string of the molecule is CC(C)(C)OC(=O)N1CC(n2ccc3c(CN4CCCC4)cc(Cl)nc32)C1. The van der Waals surface area contributed by atoms with Gasteiger partial charge in [-0.1, -0.05) is 11.6 Å². The van der Waals surface area contributed by atoms with Crippen molar-refractivity contribution >= 4 is 28.7 Å². The molecule has 0 saturated carbocycles. The number of amides is 1. The first-order valence-electron chi connectivity index (χ1n) is 9.66. The maximum Gasteiger partial charge on any atom is 0.410 e. The summed E-state index contributed by atoms with van der Waals surface area (Å²) in [6.45, 7) is 10.1. The van der Waals surface area contributed by atoms with Gasteiger partial charge in [0.25, 0.3) is 0 Å². The number of pyridine rings is 1. The van der Waals surface area contributed by atoms with Crippen LogP contribution in [0.25, 0.3) is 11.0 Å². The van der Waals surface area contributed by atoms with Crippen molar-refractivity contribution in [3.63, 3.8) is 0 Å². The van der Waals surface area contributed by atoms with Gasteiger partial charge in [-0.3, -0.25) is 4.90 Å². The first-order chi connectivity index (χ1) is 12.8. The van der Waals surface area contributed by atoms with Crippen LogP contribution in [-0.4, -0.2) is 57.2 Å². The molecule has 0 radical (unpaired) electrons. The van der Waals surface area contributed by atoms with Crippen LogP contribution in [0.5, 0.6) is 0 Å². The molecule has 0 atom stereocenters. The minimum Gasteiger partial charge on any atom is -0.444 e. The van der Waals surface area contributed by atoms with Gasteiger partial charge in [0.1, 0.15) is 16.4 Å². The van der Waals surface area contributed by atoms with Crippen molar-refractivity contribution in [3.05, 3.63) is 29.0 Å². The van der Waals surface area contributed by atoms with Gasteiger partial charge in [0, 0.05) is 31.2 Å². The summed E-state index contributed by atoms with van der Waals surface area (Å²) in [5.74, 6) is 0. The zero-order chi connectivity index (χ0) is 19.2. The third-order valence-corrected chi connectivity index (χ3v) is 5.43. The second-order valence-corrected chi connectivity index (χ2v) is 8.97. The van der Waals surface area contributed by atoms with E-state index in [0.717, 1.165) is 30.7 Å². The molecular formula is C20H27ClN4O2. The Bertz CT molecular complexity index is 846. The Balaban J connectivity index is 1.51. The molecule has 4 heterocycles. The number of aromatic nitrogens is 2. The molecule has 7 heteroatoms. The molecule has 4 rings (SSSR count). The molecule has 27 heavy (non-hydrogen) atoms. The number of carbonyl (C=O) groups is 1. The summed E-state index contributed by atoms with van der Waals surface area (Å²) in [7, 11) is 0. The molecule has 2 aromatic heterocycles. The molecule has 2 aliphatic heterocycles. The van der Waals surface area contributed by atoms with Crippen molar-refractivity contribution in [2.75, 3.05) is 26.2 Å². The van der Waals surface area contributed by atoms with Crippen LogP contribution >= 0.6 is 11.6 Å². The minimum atomic E-state index is -0.470. The Labute approximate surface area is 165 Å². The Hall–Kier alpha value is -1.79. The fraction of sp³-hybridized carbons (Fsp3) is 0.600. The Morgan fingerprint density at radius 3 is 2.67 bits per heavy atom. The molecule has 0 spiro atoms. The molecule has 0 bridgehead atoms. The van der Waals surface area contributed by atoms with E-state index in [-0.39, 0.29) is 12.1 Å². The van der Waals surface area contributed by atoms with Gasteiger partial charge in [0.05, 0.1) is 6.04 Å². The van der Waals surface area contributed by atoms with Crippen molar-refractivity contribution in [2.45, 2.75) is 51.8 Å². The van der Waals surface area contributed by atoms with E-state index < -0.39 is 5.60 Å². The van der Waals surface area contributed by atoms with E-state index in [4.69, 9.17) is 16.3 Å². The van der Waals surface area contributed by atoms with Crippen LogP contribution in [0.4, 0.5) is 4.79 Å². The van der Waals surface area contributed by atoms with Crippen LogP contribution in [-0.2, 0) is 11.3 Å². The summed E-state index contributed by atoms with van der Waals surface area (Å²) in [4.78, 5) is 21.0. The smallest absolute Gasteiger partial charge is 0.410 e. The second kappa shape index (κ2) is 6.99. The molecule has 146 valence electrons. The summed E-state index contributed by atoms with van der Waals surface area (Å²) >= 11 is 6.33. The Kier molecular flexibility index (Phi) is 4.80. The van der Waals surface area contributed by atoms with Crippen molar-refractivity contribution < 1.29 is 9.53 Å². The number of hydrogen-bond donors (Lipinski definition) is 0. The van der Waals surface area contributed by atoms with Crippen LogP contribution in [0.15, 0.2) is 18.3 Å². The van der Waals surface area contributed by atoms with Crippen molar-refractivity contribution in [2.24, 2.45) is 0 Å². The third-order valence-electron chi connectivity index (χ3n) is 5.24. The fourth-order valence-corrected chi connectivity index (χ4v) is 4.09. The minimum absolute atomic E-state index is 0.209. The van der Waals surface area contributed by atoms with Gasteiger partial charge < -0.3 is 14.2 Å². The van der Waals surface area contributed by atoms with E-state index in [9.17, 15) is 4.79 Å². The van der Waals surface area contributed by atoms with Gasteiger partial charge in [-0.25, -0.2) is 9.78 Å². The topological polar surface area (TPSA) is 50.6 Å². The molecule has 2 aromatic rings. The molecule has 2 fully saturated rings. The second-order valence-electron chi connectivity index (χ2n) is 8.59. The van der Waals surface area contributed by atoms with Crippen LogP contribution in [0.3, 0.4) is 0 Å². The Morgan fingerprint density at radius 1 is 1.30 bits per heavy atom. The van der Waals surface area contributed by atoms with E-state index in [2.05, 4.69) is 26.7 Å². The Morgan fingerprint density at radius 2 is 2.00 bits per heavy atom. The normalized spacial score (nSPS) is 18.9. The first-order valence-corrected chi connectivity index (χ1v) is 10.0. The molecule has 0 aromatic carbocycles. The summed E-state index contributed by atoms with van der Waals surface area (Å²) in [6, 6.07) is 4.32. The van der Waals surface area contributed by atoms with Crippen LogP contribution in [0, 0.1) is 0 Å². The predicted octanol–water partition coefficient (Wildman–Crippen LogP) is 4.08. The van der Waals surface area contributed by atoms with Gasteiger partial charge >= 0.3 is 6.09 Å². The number of halogens is 1. The molecule has 6 nitrogen and oxygen atoms in total. The highest BCUT2D eigenvalue weighted by atomic mass is 35.5. The fourth-order valence-electron chi connectivity index (χ4n) is 3.88. The lowest BCUT2D eigenvalue weighted by atomic mass is 10.1. The standard InChI is InChI=1S/C20H27ClN4O2/c1-20(2,3)27-19(26)24-12-15(13-24)25-9-6-16-14(10-17(21)22-18(16)25)11-23-7-4-5-8-23/h6,9-10,15H,4-5,7-8,11-13H2,1-3H3. The number of carbonyl (C=O) groups excluding carboxylic acids is 1. The van der Waals surface area contributed by atoms with E-state index >= 15 is 0 Å². The molecule has 0 unspecified atom stereocenters. The quantitative estimate of drug-likeness (QED) is 0.741. The number of hydrogen-bond acceptors (Lipinski definition) is 4. The van der Waals surface area contributed by atoms with Gasteiger partial charge in [0.2, 0.25) is 0 Å². The third kappa shape index (κ3) is 3.92. The highest BCUT2D eigenvalue weighted by Crippen LogP contribution is 2.30. The first kappa shape index (κ1) is 18.6. The summed E-state index contributed by atoms with van der Waals surface area (Å²) < 4.78 is 7.59. The van der Waals surface area contributed by atoms with Crippen LogP contribution in [0.1, 0.15) is 45.2 Å². The van der Waals surface area contributed by atoms with E-state index in [1.165, 1.54) is 18.4 Å². The van der Waals surface area contributed by atoms with Crippen molar-refractivity contribution in [3.8, 4) is 0 Å². The van der Waals surface area contributed by atoms with Gasteiger partial charge in [-0.2, -0.15) is 0 Å². The molecule has 2 saturated heterocycles. The lowest BCUT2D eigenvalue weighted by Gasteiger charge is -2.40. The number of rotatable bonds is 3. The average molecular weight is 391 g/mol. The maximum atomic E-state index is 12.2. The van der Waals surface area contributed by atoms with Gasteiger partial charge in [-0.05, 0) is 64.4 Å². The average Bonchev–Trinajstić information content (AvgIpc) is 3.14. The maximum absolute atomic E-state index is 12.2. The molecule has 1 amide bonds.